The van der Waals surface area contributed by atoms with E-state index in [1.165, 1.54) is 29.3 Å². The molecule has 1 aliphatic heterocycles. The highest BCUT2D eigenvalue weighted by Gasteiger charge is 2.22. The molecule has 1 saturated heterocycles. The molecule has 3 heteroatoms. The van der Waals surface area contributed by atoms with Crippen LogP contribution in [-0.4, -0.2) is 32.8 Å². The Morgan fingerprint density at radius 3 is 2.76 bits per heavy atom. The largest absolute Gasteiger partial charge is 0.493 e. The van der Waals surface area contributed by atoms with Crippen LogP contribution < -0.4 is 15.0 Å². The fraction of sp³-hybridized carbons (Fsp3) is 0.444. The summed E-state index contributed by atoms with van der Waals surface area (Å²) in [5.74, 6) is 1.81. The molecular formula is C18H22N2O. The van der Waals surface area contributed by atoms with Crippen LogP contribution in [0.2, 0.25) is 0 Å². The van der Waals surface area contributed by atoms with Gasteiger partial charge < -0.3 is 15.0 Å². The number of anilines is 1. The molecule has 0 spiro atoms. The molecular weight excluding hydrogens is 260 g/mol. The Labute approximate surface area is 125 Å². The molecule has 0 unspecified atom stereocenters. The van der Waals surface area contributed by atoms with Gasteiger partial charge in [-0.25, -0.2) is 0 Å². The summed E-state index contributed by atoms with van der Waals surface area (Å²) in [6.07, 6.45) is 2.67. The molecule has 4 rings (SSSR count). The zero-order chi connectivity index (χ0) is 14.1. The molecule has 1 N–H and O–H groups in total. The molecule has 110 valence electrons. The molecule has 0 aromatic heterocycles. The van der Waals surface area contributed by atoms with E-state index in [2.05, 4.69) is 46.6 Å². The predicted octanol–water partition coefficient (Wildman–Crippen LogP) is 3.04. The third-order valence-electron chi connectivity index (χ3n) is 4.47. The number of rotatable bonds is 4. The minimum absolute atomic E-state index is 0.795. The number of nitrogens with one attached hydrogen (secondary N) is 1. The Bertz CT molecular complexity index is 630. The minimum Gasteiger partial charge on any atom is -0.493 e. The molecule has 0 bridgehead atoms. The molecule has 2 fully saturated rings. The van der Waals surface area contributed by atoms with Gasteiger partial charge in [0.05, 0.1) is 6.61 Å². The first-order valence-electron chi connectivity index (χ1n) is 8.01. The highest BCUT2D eigenvalue weighted by atomic mass is 16.5. The highest BCUT2D eigenvalue weighted by molar-refractivity contribution is 5.95. The summed E-state index contributed by atoms with van der Waals surface area (Å²) in [7, 11) is 0. The van der Waals surface area contributed by atoms with Crippen LogP contribution in [0.1, 0.15) is 12.8 Å². The van der Waals surface area contributed by atoms with E-state index in [1.807, 2.05) is 0 Å². The first-order chi connectivity index (χ1) is 10.4. The Kier molecular flexibility index (Phi) is 3.44. The van der Waals surface area contributed by atoms with Crippen LogP contribution in [0.4, 0.5) is 5.69 Å². The van der Waals surface area contributed by atoms with Crippen molar-refractivity contribution in [1.82, 2.24) is 5.32 Å². The van der Waals surface area contributed by atoms with Crippen LogP contribution in [0.5, 0.6) is 5.75 Å². The zero-order valence-electron chi connectivity index (χ0n) is 12.3. The average molecular weight is 282 g/mol. The Morgan fingerprint density at radius 1 is 1.10 bits per heavy atom. The second kappa shape index (κ2) is 5.57. The third-order valence-corrected chi connectivity index (χ3v) is 4.47. The van der Waals surface area contributed by atoms with Gasteiger partial charge in [-0.1, -0.05) is 18.2 Å². The molecule has 0 radical (unpaired) electrons. The molecule has 1 aliphatic carbocycles. The maximum absolute atomic E-state index is 5.95. The Morgan fingerprint density at radius 2 is 1.95 bits per heavy atom. The van der Waals surface area contributed by atoms with Crippen molar-refractivity contribution in [2.75, 3.05) is 37.7 Å². The number of nitrogens with zero attached hydrogens (tertiary/aromatic N) is 1. The third kappa shape index (κ3) is 2.84. The van der Waals surface area contributed by atoms with Crippen molar-refractivity contribution in [2.24, 2.45) is 5.92 Å². The monoisotopic (exact) mass is 282 g/mol. The van der Waals surface area contributed by atoms with Gasteiger partial charge in [0.1, 0.15) is 5.75 Å². The SMILES string of the molecule is c1cc(N2CCNCC2)c2cc(OCC3CC3)ccc2c1. The number of hydrogen-bond acceptors (Lipinski definition) is 3. The van der Waals surface area contributed by atoms with Crippen molar-refractivity contribution in [2.45, 2.75) is 12.8 Å². The summed E-state index contributed by atoms with van der Waals surface area (Å²) in [6.45, 7) is 5.16. The fourth-order valence-corrected chi connectivity index (χ4v) is 3.01. The number of hydrogen-bond donors (Lipinski definition) is 1. The molecule has 2 aliphatic rings. The minimum atomic E-state index is 0.795. The van der Waals surface area contributed by atoms with Gasteiger partial charge in [0.25, 0.3) is 0 Å². The molecule has 0 amide bonds. The van der Waals surface area contributed by atoms with Crippen molar-refractivity contribution in [3.63, 3.8) is 0 Å². The van der Waals surface area contributed by atoms with E-state index in [9.17, 15) is 0 Å². The van der Waals surface area contributed by atoms with Crippen LogP contribution in [0, 0.1) is 5.92 Å². The molecule has 2 aromatic carbocycles. The van der Waals surface area contributed by atoms with E-state index < -0.39 is 0 Å². The Hall–Kier alpha value is -1.74. The van der Waals surface area contributed by atoms with Gasteiger partial charge in [0.15, 0.2) is 0 Å². The van der Waals surface area contributed by atoms with E-state index in [-0.39, 0.29) is 0 Å². The van der Waals surface area contributed by atoms with Gasteiger partial charge in [0, 0.05) is 37.3 Å². The van der Waals surface area contributed by atoms with Crippen molar-refractivity contribution in [3.05, 3.63) is 36.4 Å². The standard InChI is InChI=1S/C18H22N2O/c1-2-15-6-7-16(21-13-14-4-5-14)12-17(15)18(3-1)20-10-8-19-9-11-20/h1-3,6-7,12,14,19H,4-5,8-11,13H2. The van der Waals surface area contributed by atoms with Crippen molar-refractivity contribution < 1.29 is 4.74 Å². The van der Waals surface area contributed by atoms with Gasteiger partial charge in [-0.2, -0.15) is 0 Å². The second-order valence-electron chi connectivity index (χ2n) is 6.15. The smallest absolute Gasteiger partial charge is 0.120 e. The first-order valence-corrected chi connectivity index (χ1v) is 8.01. The van der Waals surface area contributed by atoms with Crippen molar-refractivity contribution >= 4 is 16.5 Å². The molecule has 2 aromatic rings. The maximum atomic E-state index is 5.95. The molecule has 1 saturated carbocycles. The lowest BCUT2D eigenvalue weighted by atomic mass is 10.1. The molecule has 0 atom stereocenters. The summed E-state index contributed by atoms with van der Waals surface area (Å²) in [5, 5.41) is 6.03. The van der Waals surface area contributed by atoms with E-state index >= 15 is 0 Å². The van der Waals surface area contributed by atoms with E-state index in [0.29, 0.717) is 0 Å². The van der Waals surface area contributed by atoms with E-state index in [0.717, 1.165) is 44.5 Å². The lowest BCUT2D eigenvalue weighted by molar-refractivity contribution is 0.300. The number of fused-ring (bicyclic) bond motifs is 1. The predicted molar refractivity (Wildman–Crippen MR) is 87.2 cm³/mol. The van der Waals surface area contributed by atoms with Crippen LogP contribution in [0.25, 0.3) is 10.8 Å². The van der Waals surface area contributed by atoms with Gasteiger partial charge in [-0.05, 0) is 42.3 Å². The summed E-state index contributed by atoms with van der Waals surface area (Å²) in [5.41, 5.74) is 1.34. The van der Waals surface area contributed by atoms with Gasteiger partial charge in [-0.3, -0.25) is 0 Å². The molecule has 1 heterocycles. The van der Waals surface area contributed by atoms with Crippen LogP contribution in [-0.2, 0) is 0 Å². The summed E-state index contributed by atoms with van der Waals surface area (Å²) < 4.78 is 5.95. The summed E-state index contributed by atoms with van der Waals surface area (Å²) >= 11 is 0. The molecule has 3 nitrogen and oxygen atoms in total. The van der Waals surface area contributed by atoms with Crippen molar-refractivity contribution in [3.8, 4) is 5.75 Å². The summed E-state index contributed by atoms with van der Waals surface area (Å²) in [6, 6.07) is 13.1. The maximum Gasteiger partial charge on any atom is 0.120 e. The van der Waals surface area contributed by atoms with E-state index in [4.69, 9.17) is 4.74 Å². The van der Waals surface area contributed by atoms with Crippen LogP contribution in [0.15, 0.2) is 36.4 Å². The van der Waals surface area contributed by atoms with Crippen LogP contribution >= 0.6 is 0 Å². The number of ether oxygens (including phenoxy) is 1. The number of benzene rings is 2. The molecule has 21 heavy (non-hydrogen) atoms. The van der Waals surface area contributed by atoms with Gasteiger partial charge >= 0.3 is 0 Å². The van der Waals surface area contributed by atoms with Gasteiger partial charge in [0.2, 0.25) is 0 Å². The summed E-state index contributed by atoms with van der Waals surface area (Å²) in [4.78, 5) is 2.48. The van der Waals surface area contributed by atoms with Crippen LogP contribution in [0.3, 0.4) is 0 Å². The normalized spacial score (nSPS) is 19.0. The number of piperazine rings is 1. The second-order valence-corrected chi connectivity index (χ2v) is 6.15. The highest BCUT2D eigenvalue weighted by Crippen LogP contribution is 2.32. The quantitative estimate of drug-likeness (QED) is 0.933. The zero-order valence-corrected chi connectivity index (χ0v) is 12.3. The topological polar surface area (TPSA) is 24.5 Å². The lowest BCUT2D eigenvalue weighted by Crippen LogP contribution is -2.43. The lowest BCUT2D eigenvalue weighted by Gasteiger charge is -2.30. The van der Waals surface area contributed by atoms with Gasteiger partial charge in [-0.15, -0.1) is 0 Å². The first kappa shape index (κ1) is 13.0. The van der Waals surface area contributed by atoms with Crippen molar-refractivity contribution in [1.29, 1.82) is 0 Å². The average Bonchev–Trinajstić information content (AvgIpc) is 3.37. The fourth-order valence-electron chi connectivity index (χ4n) is 3.01. The van der Waals surface area contributed by atoms with E-state index in [1.54, 1.807) is 0 Å². The Balaban J connectivity index is 1.65.